The molecule has 0 N–H and O–H groups in total. The molecule has 2 aromatic rings. The summed E-state index contributed by atoms with van der Waals surface area (Å²) >= 11 is 0. The lowest BCUT2D eigenvalue weighted by molar-refractivity contribution is -0.104. The van der Waals surface area contributed by atoms with Crippen LogP contribution in [0.4, 0.5) is 5.82 Å². The second-order valence-electron chi connectivity index (χ2n) is 5.91. The van der Waals surface area contributed by atoms with Gasteiger partial charge in [0, 0.05) is 33.0 Å². The molecule has 0 saturated carbocycles. The van der Waals surface area contributed by atoms with Gasteiger partial charge in [-0.2, -0.15) is 0 Å². The predicted octanol–water partition coefficient (Wildman–Crippen LogP) is 2.81. The summed E-state index contributed by atoms with van der Waals surface area (Å²) in [5.41, 5.74) is 3.79. The van der Waals surface area contributed by atoms with Crippen LogP contribution >= 0.6 is 0 Å². The molecule has 23 heavy (non-hydrogen) atoms. The summed E-state index contributed by atoms with van der Waals surface area (Å²) < 4.78 is 0. The molecule has 1 unspecified atom stereocenters. The van der Waals surface area contributed by atoms with E-state index in [-0.39, 0.29) is 6.04 Å². The van der Waals surface area contributed by atoms with E-state index in [0.717, 1.165) is 30.6 Å². The lowest BCUT2D eigenvalue weighted by Gasteiger charge is -2.37. The van der Waals surface area contributed by atoms with Gasteiger partial charge >= 0.3 is 0 Å². The Morgan fingerprint density at radius 2 is 2.04 bits per heavy atom. The van der Waals surface area contributed by atoms with Crippen molar-refractivity contribution < 1.29 is 4.79 Å². The molecule has 0 saturated heterocycles. The number of benzene rings is 1. The summed E-state index contributed by atoms with van der Waals surface area (Å²) in [7, 11) is 3.97. The number of pyridine rings is 1. The van der Waals surface area contributed by atoms with Crippen LogP contribution in [0.15, 0.2) is 54.9 Å². The van der Waals surface area contributed by atoms with Crippen LogP contribution in [0.25, 0.3) is 0 Å². The molecule has 1 aliphatic heterocycles. The van der Waals surface area contributed by atoms with Crippen molar-refractivity contribution in [2.24, 2.45) is 0 Å². The second-order valence-corrected chi connectivity index (χ2v) is 5.91. The molecule has 4 nitrogen and oxygen atoms in total. The number of allylic oxidation sites excluding steroid dienone is 1. The van der Waals surface area contributed by atoms with Crippen molar-refractivity contribution in [3.63, 3.8) is 0 Å². The third-order valence-corrected chi connectivity index (χ3v) is 4.22. The molecule has 2 heterocycles. The fourth-order valence-electron chi connectivity index (χ4n) is 3.09. The van der Waals surface area contributed by atoms with Crippen molar-refractivity contribution in [1.29, 1.82) is 0 Å². The van der Waals surface area contributed by atoms with Crippen LogP contribution in [0.1, 0.15) is 22.7 Å². The zero-order valence-electron chi connectivity index (χ0n) is 13.5. The maximum atomic E-state index is 10.7. The number of aromatic nitrogens is 1. The van der Waals surface area contributed by atoms with Crippen molar-refractivity contribution in [2.75, 3.05) is 25.5 Å². The molecule has 0 bridgehead atoms. The first-order valence-electron chi connectivity index (χ1n) is 7.79. The van der Waals surface area contributed by atoms with Gasteiger partial charge in [0.05, 0.1) is 6.04 Å². The van der Waals surface area contributed by atoms with E-state index in [1.807, 2.05) is 37.5 Å². The standard InChI is InChI=1S/C19H21N3O/c1-21(2)18-9-8-16(14-20-18)19-17-7-4-3-6-15(17)10-12-22(19)11-5-13-23/h3-9,11,13-14,19H,10,12H2,1-2H3. The van der Waals surface area contributed by atoms with Gasteiger partial charge in [0.25, 0.3) is 0 Å². The fourth-order valence-corrected chi connectivity index (χ4v) is 3.09. The summed E-state index contributed by atoms with van der Waals surface area (Å²) in [6, 6.07) is 12.8. The number of anilines is 1. The van der Waals surface area contributed by atoms with Gasteiger partial charge in [-0.15, -0.1) is 0 Å². The van der Waals surface area contributed by atoms with E-state index in [1.165, 1.54) is 11.1 Å². The van der Waals surface area contributed by atoms with Gasteiger partial charge < -0.3 is 9.80 Å². The van der Waals surface area contributed by atoms with Crippen molar-refractivity contribution in [2.45, 2.75) is 12.5 Å². The molecule has 1 aromatic carbocycles. The van der Waals surface area contributed by atoms with Crippen LogP contribution in [-0.2, 0) is 11.2 Å². The Morgan fingerprint density at radius 3 is 2.74 bits per heavy atom. The third kappa shape index (κ3) is 3.11. The highest BCUT2D eigenvalue weighted by atomic mass is 16.1. The summed E-state index contributed by atoms with van der Waals surface area (Å²) in [5, 5.41) is 0. The van der Waals surface area contributed by atoms with Crippen molar-refractivity contribution >= 4 is 12.1 Å². The van der Waals surface area contributed by atoms with Gasteiger partial charge in [0.2, 0.25) is 0 Å². The van der Waals surface area contributed by atoms with Gasteiger partial charge in [-0.05, 0) is 35.3 Å². The van der Waals surface area contributed by atoms with E-state index in [1.54, 1.807) is 6.08 Å². The fraction of sp³-hybridized carbons (Fsp3) is 0.263. The van der Waals surface area contributed by atoms with E-state index in [0.29, 0.717) is 0 Å². The minimum absolute atomic E-state index is 0.0971. The SMILES string of the molecule is CN(C)c1ccc(C2c3ccccc3CCN2C=CC=O)cn1. The predicted molar refractivity (Wildman–Crippen MR) is 92.5 cm³/mol. The molecule has 0 aliphatic carbocycles. The topological polar surface area (TPSA) is 36.4 Å². The van der Waals surface area contributed by atoms with Crippen molar-refractivity contribution in [1.82, 2.24) is 9.88 Å². The molecular weight excluding hydrogens is 286 g/mol. The summed E-state index contributed by atoms with van der Waals surface area (Å²) in [6.45, 7) is 0.890. The zero-order chi connectivity index (χ0) is 16.2. The van der Waals surface area contributed by atoms with E-state index in [4.69, 9.17) is 0 Å². The molecule has 0 spiro atoms. The molecule has 0 fully saturated rings. The molecule has 0 radical (unpaired) electrons. The number of fused-ring (bicyclic) bond motifs is 1. The highest BCUT2D eigenvalue weighted by Crippen LogP contribution is 2.35. The van der Waals surface area contributed by atoms with Crippen molar-refractivity contribution in [3.8, 4) is 0 Å². The smallest absolute Gasteiger partial charge is 0.144 e. The Labute approximate surface area is 137 Å². The quantitative estimate of drug-likeness (QED) is 0.643. The molecule has 3 rings (SSSR count). The number of aldehydes is 1. The molecule has 1 atom stereocenters. The van der Waals surface area contributed by atoms with Crippen LogP contribution in [0.5, 0.6) is 0 Å². The first-order chi connectivity index (χ1) is 11.2. The van der Waals surface area contributed by atoms with Crippen LogP contribution in [0.3, 0.4) is 0 Å². The van der Waals surface area contributed by atoms with Gasteiger partial charge in [-0.1, -0.05) is 30.3 Å². The Hall–Kier alpha value is -2.62. The van der Waals surface area contributed by atoms with Crippen molar-refractivity contribution in [3.05, 3.63) is 71.6 Å². The Balaban J connectivity index is 2.03. The number of nitrogens with zero attached hydrogens (tertiary/aromatic N) is 3. The number of carbonyl (C=O) groups excluding carboxylic acids is 1. The molecule has 1 aliphatic rings. The molecule has 1 aromatic heterocycles. The Bertz CT molecular complexity index is 707. The lowest BCUT2D eigenvalue weighted by atomic mass is 9.89. The largest absolute Gasteiger partial charge is 0.366 e. The first kappa shape index (κ1) is 15.3. The Morgan fingerprint density at radius 1 is 1.22 bits per heavy atom. The highest BCUT2D eigenvalue weighted by Gasteiger charge is 2.26. The molecule has 118 valence electrons. The van der Waals surface area contributed by atoms with Gasteiger partial charge in [0.15, 0.2) is 0 Å². The first-order valence-corrected chi connectivity index (χ1v) is 7.79. The van der Waals surface area contributed by atoms with E-state index >= 15 is 0 Å². The number of hydrogen-bond donors (Lipinski definition) is 0. The number of rotatable bonds is 4. The summed E-state index contributed by atoms with van der Waals surface area (Å²) in [5.74, 6) is 0.938. The average Bonchev–Trinajstić information content (AvgIpc) is 2.59. The van der Waals surface area contributed by atoms with Gasteiger partial charge in [-0.25, -0.2) is 4.98 Å². The Kier molecular flexibility index (Phi) is 4.42. The van der Waals surface area contributed by atoms with Gasteiger partial charge in [-0.3, -0.25) is 4.79 Å². The normalized spacial score (nSPS) is 17.1. The monoisotopic (exact) mass is 307 g/mol. The minimum Gasteiger partial charge on any atom is -0.366 e. The van der Waals surface area contributed by atoms with E-state index in [2.05, 4.69) is 40.2 Å². The number of carbonyl (C=O) groups is 1. The molecule has 0 amide bonds. The van der Waals surface area contributed by atoms with Crippen LogP contribution in [0.2, 0.25) is 0 Å². The van der Waals surface area contributed by atoms with Crippen LogP contribution in [0, 0.1) is 0 Å². The second kappa shape index (κ2) is 6.65. The maximum Gasteiger partial charge on any atom is 0.144 e. The van der Waals surface area contributed by atoms with E-state index < -0.39 is 0 Å². The number of hydrogen-bond acceptors (Lipinski definition) is 4. The van der Waals surface area contributed by atoms with E-state index in [9.17, 15) is 4.79 Å². The van der Waals surface area contributed by atoms with Gasteiger partial charge in [0.1, 0.15) is 12.1 Å². The average molecular weight is 307 g/mol. The van der Waals surface area contributed by atoms with Crippen LogP contribution < -0.4 is 4.90 Å². The maximum absolute atomic E-state index is 10.7. The lowest BCUT2D eigenvalue weighted by Crippen LogP contribution is -2.32. The molecular formula is C19H21N3O. The zero-order valence-corrected chi connectivity index (χ0v) is 13.5. The highest BCUT2D eigenvalue weighted by molar-refractivity contribution is 5.64. The minimum atomic E-state index is 0.0971. The summed E-state index contributed by atoms with van der Waals surface area (Å²) in [4.78, 5) is 19.5. The third-order valence-electron chi connectivity index (χ3n) is 4.22. The summed E-state index contributed by atoms with van der Waals surface area (Å²) in [6.07, 6.45) is 7.18. The van der Waals surface area contributed by atoms with Crippen LogP contribution in [-0.4, -0.2) is 36.8 Å². The molecule has 4 heteroatoms.